The zero-order valence-corrected chi connectivity index (χ0v) is 18.2. The number of hydrogen-bond acceptors (Lipinski definition) is 3. The molecule has 0 aliphatic heterocycles. The van der Waals surface area contributed by atoms with E-state index < -0.39 is 0 Å². The van der Waals surface area contributed by atoms with Crippen LogP contribution in [0.25, 0.3) is 16.7 Å². The molecule has 2 N–H and O–H groups in total. The number of benzene rings is 2. The molecule has 7 heteroatoms. The van der Waals surface area contributed by atoms with Gasteiger partial charge in [-0.1, -0.05) is 26.0 Å². The molecule has 1 aliphatic rings. The second-order valence-electron chi connectivity index (χ2n) is 8.70. The Morgan fingerprint density at radius 1 is 1.09 bits per heavy atom. The molecule has 2 aromatic heterocycles. The van der Waals surface area contributed by atoms with E-state index in [9.17, 15) is 9.18 Å². The summed E-state index contributed by atoms with van der Waals surface area (Å²) in [6, 6.07) is 13.8. The Bertz CT molecular complexity index is 1240. The highest BCUT2D eigenvalue weighted by Gasteiger charge is 2.29. The Balaban J connectivity index is 1.49. The van der Waals surface area contributed by atoms with Crippen molar-refractivity contribution in [1.29, 1.82) is 0 Å². The van der Waals surface area contributed by atoms with Gasteiger partial charge in [-0.15, -0.1) is 0 Å². The molecule has 32 heavy (non-hydrogen) atoms. The number of nitrogens with one attached hydrogen (secondary N) is 2. The third-order valence-corrected chi connectivity index (χ3v) is 6.12. The third kappa shape index (κ3) is 3.68. The number of fused-ring (bicyclic) bond motifs is 2. The molecule has 0 fully saturated rings. The molecule has 1 aliphatic carbocycles. The van der Waals surface area contributed by atoms with Crippen LogP contribution in [-0.4, -0.2) is 25.7 Å². The van der Waals surface area contributed by atoms with Crippen molar-refractivity contribution in [3.05, 3.63) is 77.1 Å². The van der Waals surface area contributed by atoms with Crippen LogP contribution in [0.2, 0.25) is 0 Å². The van der Waals surface area contributed by atoms with E-state index >= 15 is 0 Å². The van der Waals surface area contributed by atoms with Crippen molar-refractivity contribution >= 4 is 16.9 Å². The molecular weight excluding hydrogens is 405 g/mol. The smallest absolute Gasteiger partial charge is 0.272 e. The first-order valence-corrected chi connectivity index (χ1v) is 11.1. The maximum absolute atomic E-state index is 13.4. The Hall–Kier alpha value is -3.48. The molecule has 2 aromatic carbocycles. The fourth-order valence-electron chi connectivity index (χ4n) is 4.46. The van der Waals surface area contributed by atoms with Crippen LogP contribution in [0.5, 0.6) is 0 Å². The first-order chi connectivity index (χ1) is 15.5. The summed E-state index contributed by atoms with van der Waals surface area (Å²) in [5.74, 6) is 0.373. The molecule has 1 amide bonds. The number of aromatic amines is 1. The quantitative estimate of drug-likeness (QED) is 0.472. The minimum atomic E-state index is -0.293. The second kappa shape index (κ2) is 8.22. The van der Waals surface area contributed by atoms with E-state index in [4.69, 9.17) is 10.1 Å². The Morgan fingerprint density at radius 2 is 1.84 bits per heavy atom. The number of halogens is 1. The van der Waals surface area contributed by atoms with Crippen molar-refractivity contribution < 1.29 is 9.18 Å². The molecule has 164 valence electrons. The topological polar surface area (TPSA) is 75.6 Å². The monoisotopic (exact) mass is 431 g/mol. The lowest BCUT2D eigenvalue weighted by Crippen LogP contribution is -2.33. The zero-order chi connectivity index (χ0) is 22.2. The van der Waals surface area contributed by atoms with Gasteiger partial charge >= 0.3 is 0 Å². The molecule has 4 aromatic rings. The van der Waals surface area contributed by atoms with Crippen molar-refractivity contribution in [2.24, 2.45) is 5.92 Å². The highest BCUT2D eigenvalue weighted by molar-refractivity contribution is 5.94. The molecule has 2 heterocycles. The van der Waals surface area contributed by atoms with Crippen LogP contribution >= 0.6 is 0 Å². The first kappa shape index (κ1) is 20.4. The van der Waals surface area contributed by atoms with Gasteiger partial charge in [0.15, 0.2) is 5.69 Å². The first-order valence-electron chi connectivity index (χ1n) is 11.1. The standard InChI is InChI=1S/C25H26FN5O/c1-15(2)22(24-27-19-8-4-5-9-20(19)28-24)29-25(32)23-18-7-3-6-10-21(18)31(30-23)17-13-11-16(26)12-14-17/h4-5,8-9,11-15,22H,3,6-7,10H2,1-2H3,(H,27,28)(H,29,32)/t22-/m0/s1. The van der Waals surface area contributed by atoms with E-state index in [-0.39, 0.29) is 23.7 Å². The average Bonchev–Trinajstić information content (AvgIpc) is 3.39. The molecule has 0 saturated carbocycles. The van der Waals surface area contributed by atoms with E-state index in [1.54, 1.807) is 16.8 Å². The summed E-state index contributed by atoms with van der Waals surface area (Å²) in [6.07, 6.45) is 3.74. The zero-order valence-electron chi connectivity index (χ0n) is 18.2. The van der Waals surface area contributed by atoms with Gasteiger partial charge in [0.2, 0.25) is 0 Å². The van der Waals surface area contributed by atoms with Crippen molar-refractivity contribution in [2.75, 3.05) is 0 Å². The molecular formula is C25H26FN5O. The van der Waals surface area contributed by atoms with Gasteiger partial charge in [-0.05, 0) is 68.0 Å². The van der Waals surface area contributed by atoms with Crippen LogP contribution in [0, 0.1) is 11.7 Å². The summed E-state index contributed by atoms with van der Waals surface area (Å²) in [5.41, 5.74) is 5.07. The molecule has 0 saturated heterocycles. The number of hydrogen-bond donors (Lipinski definition) is 2. The Morgan fingerprint density at radius 3 is 2.59 bits per heavy atom. The predicted octanol–water partition coefficient (Wildman–Crippen LogP) is 4.89. The summed E-state index contributed by atoms with van der Waals surface area (Å²) in [7, 11) is 0. The summed E-state index contributed by atoms with van der Waals surface area (Å²) >= 11 is 0. The molecule has 0 radical (unpaired) electrons. The number of nitrogens with zero attached hydrogens (tertiary/aromatic N) is 3. The fourth-order valence-corrected chi connectivity index (χ4v) is 4.46. The Labute approximate surface area is 185 Å². The molecule has 0 bridgehead atoms. The lowest BCUT2D eigenvalue weighted by Gasteiger charge is -2.20. The molecule has 6 nitrogen and oxygen atoms in total. The van der Waals surface area contributed by atoms with Gasteiger partial charge in [-0.2, -0.15) is 5.10 Å². The SMILES string of the molecule is CC(C)[C@H](NC(=O)c1nn(-c2ccc(F)cc2)c2c1CCCC2)c1nc2ccccc2[nH]1. The highest BCUT2D eigenvalue weighted by atomic mass is 19.1. The molecule has 0 unspecified atom stereocenters. The van der Waals surface area contributed by atoms with E-state index in [1.807, 2.05) is 24.3 Å². The minimum absolute atomic E-state index is 0.134. The predicted molar refractivity (Wildman–Crippen MR) is 121 cm³/mol. The van der Waals surface area contributed by atoms with Crippen LogP contribution in [-0.2, 0) is 12.8 Å². The molecule has 0 spiro atoms. The van der Waals surface area contributed by atoms with Crippen molar-refractivity contribution in [3.8, 4) is 5.69 Å². The van der Waals surface area contributed by atoms with E-state index in [0.29, 0.717) is 5.69 Å². The van der Waals surface area contributed by atoms with E-state index in [0.717, 1.165) is 59.5 Å². The van der Waals surface area contributed by atoms with Gasteiger partial charge in [0.05, 0.1) is 22.8 Å². The van der Waals surface area contributed by atoms with E-state index in [1.165, 1.54) is 12.1 Å². The summed E-state index contributed by atoms with van der Waals surface area (Å²) in [5, 5.41) is 7.86. The summed E-state index contributed by atoms with van der Waals surface area (Å²) < 4.78 is 15.2. The second-order valence-corrected chi connectivity index (χ2v) is 8.70. The van der Waals surface area contributed by atoms with Crippen molar-refractivity contribution in [2.45, 2.75) is 45.6 Å². The highest BCUT2D eigenvalue weighted by Crippen LogP contribution is 2.28. The van der Waals surface area contributed by atoms with Crippen LogP contribution in [0.1, 0.15) is 60.3 Å². The molecule has 5 rings (SSSR count). The normalized spacial score (nSPS) is 14.5. The number of aromatic nitrogens is 4. The van der Waals surface area contributed by atoms with Gasteiger partial charge in [0.1, 0.15) is 11.6 Å². The van der Waals surface area contributed by atoms with Gasteiger partial charge in [-0.3, -0.25) is 4.79 Å². The third-order valence-electron chi connectivity index (χ3n) is 6.12. The molecule has 1 atom stereocenters. The fraction of sp³-hybridized carbons (Fsp3) is 0.320. The summed E-state index contributed by atoms with van der Waals surface area (Å²) in [4.78, 5) is 21.5. The van der Waals surface area contributed by atoms with Crippen LogP contribution in [0.15, 0.2) is 48.5 Å². The number of carbonyl (C=O) groups excluding carboxylic acids is 1. The maximum Gasteiger partial charge on any atom is 0.272 e. The van der Waals surface area contributed by atoms with E-state index in [2.05, 4.69) is 24.1 Å². The minimum Gasteiger partial charge on any atom is -0.340 e. The number of H-pyrrole nitrogens is 1. The van der Waals surface area contributed by atoms with Gasteiger partial charge < -0.3 is 10.3 Å². The van der Waals surface area contributed by atoms with Crippen LogP contribution in [0.4, 0.5) is 4.39 Å². The number of rotatable bonds is 5. The lowest BCUT2D eigenvalue weighted by atomic mass is 9.95. The number of amides is 1. The maximum atomic E-state index is 13.4. The van der Waals surface area contributed by atoms with Gasteiger partial charge in [-0.25, -0.2) is 14.1 Å². The number of carbonyl (C=O) groups is 1. The summed E-state index contributed by atoms with van der Waals surface area (Å²) in [6.45, 7) is 4.12. The average molecular weight is 432 g/mol. The van der Waals surface area contributed by atoms with Crippen LogP contribution in [0.3, 0.4) is 0 Å². The van der Waals surface area contributed by atoms with Crippen molar-refractivity contribution in [3.63, 3.8) is 0 Å². The van der Waals surface area contributed by atoms with Crippen molar-refractivity contribution in [1.82, 2.24) is 25.1 Å². The number of imidazole rings is 1. The number of para-hydroxylation sites is 2. The lowest BCUT2D eigenvalue weighted by molar-refractivity contribution is 0.0917. The van der Waals surface area contributed by atoms with Gasteiger partial charge in [0, 0.05) is 11.3 Å². The van der Waals surface area contributed by atoms with Gasteiger partial charge in [0.25, 0.3) is 5.91 Å². The van der Waals surface area contributed by atoms with Crippen LogP contribution < -0.4 is 5.32 Å². The Kier molecular flexibility index (Phi) is 5.25. The largest absolute Gasteiger partial charge is 0.340 e.